The molecule has 2 atom stereocenters. The van der Waals surface area contributed by atoms with E-state index in [1.54, 1.807) is 6.07 Å². The molecule has 0 spiro atoms. The van der Waals surface area contributed by atoms with Crippen LogP contribution in [0.3, 0.4) is 0 Å². The van der Waals surface area contributed by atoms with Crippen LogP contribution in [0, 0.1) is 0 Å². The molecule has 20 heavy (non-hydrogen) atoms. The molecule has 110 valence electrons. The molecule has 2 fully saturated rings. The summed E-state index contributed by atoms with van der Waals surface area (Å²) in [7, 11) is 0. The normalized spacial score (nSPS) is 27.4. The van der Waals surface area contributed by atoms with Gasteiger partial charge in [0.05, 0.1) is 0 Å². The third-order valence-corrected chi connectivity index (χ3v) is 3.88. The van der Waals surface area contributed by atoms with Gasteiger partial charge in [-0.15, -0.1) is 0 Å². The highest BCUT2D eigenvalue weighted by Crippen LogP contribution is 2.29. The maximum atomic E-state index is 12.6. The largest absolute Gasteiger partial charge is 0.433 e. The first-order valence-electron chi connectivity index (χ1n) is 6.78. The van der Waals surface area contributed by atoms with Crippen molar-refractivity contribution in [2.45, 2.75) is 24.7 Å². The van der Waals surface area contributed by atoms with Crippen LogP contribution < -0.4 is 10.6 Å². The molecule has 0 amide bonds. The molecule has 0 saturated carbocycles. The second-order valence-corrected chi connectivity index (χ2v) is 5.34. The summed E-state index contributed by atoms with van der Waals surface area (Å²) in [6.07, 6.45) is -3.46. The molecule has 0 bridgehead atoms. The van der Waals surface area contributed by atoms with Crippen molar-refractivity contribution in [1.29, 1.82) is 0 Å². The van der Waals surface area contributed by atoms with Crippen LogP contribution in [0.25, 0.3) is 0 Å². The van der Waals surface area contributed by atoms with Crippen molar-refractivity contribution in [1.82, 2.24) is 15.2 Å². The van der Waals surface area contributed by atoms with E-state index in [9.17, 15) is 13.2 Å². The van der Waals surface area contributed by atoms with Gasteiger partial charge in [0.25, 0.3) is 0 Å². The fourth-order valence-electron chi connectivity index (χ4n) is 2.95. The van der Waals surface area contributed by atoms with Crippen LogP contribution in [0.15, 0.2) is 18.2 Å². The van der Waals surface area contributed by atoms with Crippen LogP contribution in [-0.2, 0) is 6.18 Å². The first-order valence-corrected chi connectivity index (χ1v) is 6.78. The second-order valence-electron chi connectivity index (χ2n) is 5.34. The third-order valence-electron chi connectivity index (χ3n) is 3.88. The zero-order valence-electron chi connectivity index (χ0n) is 11.0. The minimum Gasteiger partial charge on any atom is -0.366 e. The number of piperazine rings is 1. The Morgan fingerprint density at radius 2 is 2.20 bits per heavy atom. The number of pyridine rings is 1. The lowest BCUT2D eigenvalue weighted by atomic mass is 10.1. The lowest BCUT2D eigenvalue weighted by Gasteiger charge is -2.29. The van der Waals surface area contributed by atoms with E-state index in [1.807, 2.05) is 0 Å². The standard InChI is InChI=1S/C13H17F3N4/c14-13(15,16)11-2-1-3-12(19-11)18-9-6-10-7-17-4-5-20(10)8-9/h1-3,9-10,17H,4-8H2,(H,18,19)/t9-,10-/m0/s1. The number of hydrogen-bond donors (Lipinski definition) is 2. The summed E-state index contributed by atoms with van der Waals surface area (Å²) in [5, 5.41) is 6.46. The van der Waals surface area contributed by atoms with E-state index in [0.29, 0.717) is 11.9 Å². The highest BCUT2D eigenvalue weighted by molar-refractivity contribution is 5.37. The van der Waals surface area contributed by atoms with Crippen molar-refractivity contribution < 1.29 is 13.2 Å². The quantitative estimate of drug-likeness (QED) is 0.865. The molecule has 2 saturated heterocycles. The van der Waals surface area contributed by atoms with E-state index in [1.165, 1.54) is 6.07 Å². The van der Waals surface area contributed by atoms with Crippen LogP contribution in [0.5, 0.6) is 0 Å². The molecular formula is C13H17F3N4. The summed E-state index contributed by atoms with van der Waals surface area (Å²) < 4.78 is 37.8. The molecule has 7 heteroatoms. The molecule has 2 aliphatic rings. The second kappa shape index (κ2) is 5.21. The Kier molecular flexibility index (Phi) is 3.55. The first kappa shape index (κ1) is 13.6. The molecule has 1 aromatic rings. The van der Waals surface area contributed by atoms with Gasteiger partial charge in [-0.1, -0.05) is 6.07 Å². The molecule has 4 nitrogen and oxygen atoms in total. The summed E-state index contributed by atoms with van der Waals surface area (Å²) in [6, 6.07) is 4.61. The number of hydrogen-bond acceptors (Lipinski definition) is 4. The Balaban J connectivity index is 1.66. The summed E-state index contributed by atoms with van der Waals surface area (Å²) >= 11 is 0. The highest BCUT2D eigenvalue weighted by Gasteiger charge is 2.35. The van der Waals surface area contributed by atoms with Gasteiger partial charge in [0.2, 0.25) is 0 Å². The van der Waals surface area contributed by atoms with Gasteiger partial charge in [-0.25, -0.2) is 4.98 Å². The SMILES string of the molecule is FC(F)(F)c1cccc(N[C@H]2C[C@H]3CNCCN3C2)n1. The minimum absolute atomic E-state index is 0.163. The van der Waals surface area contributed by atoms with E-state index in [0.717, 1.165) is 38.7 Å². The van der Waals surface area contributed by atoms with Crippen LogP contribution in [0.2, 0.25) is 0 Å². The number of halogens is 3. The predicted octanol–water partition coefficient (Wildman–Crippen LogP) is 1.56. The highest BCUT2D eigenvalue weighted by atomic mass is 19.4. The number of anilines is 1. The number of rotatable bonds is 2. The molecule has 2 N–H and O–H groups in total. The fraction of sp³-hybridized carbons (Fsp3) is 0.615. The molecule has 0 radical (unpaired) electrons. The molecular weight excluding hydrogens is 269 g/mol. The topological polar surface area (TPSA) is 40.2 Å². The Hall–Kier alpha value is -1.34. The van der Waals surface area contributed by atoms with Gasteiger partial charge in [-0.05, 0) is 18.6 Å². The third kappa shape index (κ3) is 2.88. The predicted molar refractivity (Wildman–Crippen MR) is 69.5 cm³/mol. The smallest absolute Gasteiger partial charge is 0.366 e. The van der Waals surface area contributed by atoms with Crippen LogP contribution in [-0.4, -0.2) is 48.1 Å². The van der Waals surface area contributed by atoms with Gasteiger partial charge in [-0.3, -0.25) is 4.90 Å². The average Bonchev–Trinajstić information content (AvgIpc) is 2.80. The lowest BCUT2D eigenvalue weighted by molar-refractivity contribution is -0.141. The number of alkyl halides is 3. The lowest BCUT2D eigenvalue weighted by Crippen LogP contribution is -2.47. The van der Waals surface area contributed by atoms with E-state index >= 15 is 0 Å². The Morgan fingerprint density at radius 3 is 2.95 bits per heavy atom. The Labute approximate surface area is 115 Å². The van der Waals surface area contributed by atoms with Crippen molar-refractivity contribution in [3.63, 3.8) is 0 Å². The Bertz CT molecular complexity index is 463. The Morgan fingerprint density at radius 1 is 1.35 bits per heavy atom. The maximum Gasteiger partial charge on any atom is 0.433 e. The van der Waals surface area contributed by atoms with Crippen LogP contribution >= 0.6 is 0 Å². The molecule has 0 aromatic carbocycles. The number of fused-ring (bicyclic) bond motifs is 1. The molecule has 1 aromatic heterocycles. The summed E-state index contributed by atoms with van der Waals surface area (Å²) in [5.41, 5.74) is -0.847. The van der Waals surface area contributed by atoms with Gasteiger partial charge in [0.15, 0.2) is 0 Å². The van der Waals surface area contributed by atoms with Crippen LogP contribution in [0.1, 0.15) is 12.1 Å². The van der Waals surface area contributed by atoms with Crippen molar-refractivity contribution in [2.24, 2.45) is 0 Å². The van der Waals surface area contributed by atoms with E-state index in [2.05, 4.69) is 20.5 Å². The molecule has 0 unspecified atom stereocenters. The number of nitrogens with one attached hydrogen (secondary N) is 2. The maximum absolute atomic E-state index is 12.6. The monoisotopic (exact) mass is 286 g/mol. The van der Waals surface area contributed by atoms with Crippen molar-refractivity contribution in [3.8, 4) is 0 Å². The van der Waals surface area contributed by atoms with E-state index in [-0.39, 0.29) is 6.04 Å². The van der Waals surface area contributed by atoms with Gasteiger partial charge >= 0.3 is 6.18 Å². The summed E-state index contributed by atoms with van der Waals surface area (Å²) in [4.78, 5) is 6.03. The van der Waals surface area contributed by atoms with E-state index in [4.69, 9.17) is 0 Å². The zero-order chi connectivity index (χ0) is 14.2. The van der Waals surface area contributed by atoms with Gasteiger partial charge in [0, 0.05) is 38.3 Å². The first-order chi connectivity index (χ1) is 9.52. The van der Waals surface area contributed by atoms with Gasteiger partial charge in [0.1, 0.15) is 11.5 Å². The van der Waals surface area contributed by atoms with Gasteiger partial charge in [-0.2, -0.15) is 13.2 Å². The van der Waals surface area contributed by atoms with Gasteiger partial charge < -0.3 is 10.6 Å². The number of aromatic nitrogens is 1. The minimum atomic E-state index is -4.39. The zero-order valence-corrected chi connectivity index (χ0v) is 11.0. The molecule has 2 aliphatic heterocycles. The average molecular weight is 286 g/mol. The van der Waals surface area contributed by atoms with Crippen molar-refractivity contribution >= 4 is 5.82 Å². The van der Waals surface area contributed by atoms with Crippen molar-refractivity contribution in [3.05, 3.63) is 23.9 Å². The molecule has 3 heterocycles. The van der Waals surface area contributed by atoms with Crippen molar-refractivity contribution in [2.75, 3.05) is 31.5 Å². The molecule has 3 rings (SSSR count). The van der Waals surface area contributed by atoms with Crippen LogP contribution in [0.4, 0.5) is 19.0 Å². The number of nitrogens with zero attached hydrogens (tertiary/aromatic N) is 2. The summed E-state index contributed by atoms with van der Waals surface area (Å²) in [6.45, 7) is 3.79. The molecule has 0 aliphatic carbocycles. The van der Waals surface area contributed by atoms with E-state index < -0.39 is 11.9 Å². The fourth-order valence-corrected chi connectivity index (χ4v) is 2.95. The summed E-state index contributed by atoms with van der Waals surface area (Å²) in [5.74, 6) is 0.303.